The van der Waals surface area contributed by atoms with E-state index >= 15 is 0 Å². The van der Waals surface area contributed by atoms with Crippen LogP contribution in [0.15, 0.2) is 57.8 Å². The van der Waals surface area contributed by atoms with Crippen molar-refractivity contribution in [1.29, 1.82) is 0 Å². The van der Waals surface area contributed by atoms with E-state index in [4.69, 9.17) is 13.9 Å². The summed E-state index contributed by atoms with van der Waals surface area (Å²) in [5.74, 6) is 1.85. The van der Waals surface area contributed by atoms with E-state index in [0.717, 1.165) is 5.56 Å². The molecule has 0 aliphatic carbocycles. The molecule has 1 fully saturated rings. The predicted octanol–water partition coefficient (Wildman–Crippen LogP) is 2.30. The van der Waals surface area contributed by atoms with Gasteiger partial charge in [-0.3, -0.25) is 0 Å². The number of sulfonamides is 1. The van der Waals surface area contributed by atoms with E-state index in [1.165, 1.54) is 24.6 Å². The lowest BCUT2D eigenvalue weighted by molar-refractivity contribution is 0.186. The second-order valence-electron chi connectivity index (χ2n) is 7.38. The molecule has 0 amide bonds. The molecule has 32 heavy (non-hydrogen) atoms. The highest BCUT2D eigenvalue weighted by Gasteiger charge is 2.31. The lowest BCUT2D eigenvalue weighted by Crippen LogP contribution is -2.49. The van der Waals surface area contributed by atoms with Crippen LogP contribution in [-0.2, 0) is 16.4 Å². The molecule has 0 spiro atoms. The van der Waals surface area contributed by atoms with Gasteiger partial charge in [0, 0.05) is 50.8 Å². The van der Waals surface area contributed by atoms with Crippen LogP contribution in [0.4, 0.5) is 0 Å². The van der Waals surface area contributed by atoms with Gasteiger partial charge in [0.1, 0.15) is 16.4 Å². The Morgan fingerprint density at radius 2 is 1.72 bits per heavy atom. The predicted molar refractivity (Wildman–Crippen MR) is 118 cm³/mol. The lowest BCUT2D eigenvalue weighted by Gasteiger charge is -2.34. The first-order valence-corrected chi connectivity index (χ1v) is 11.8. The first-order chi connectivity index (χ1) is 15.5. The number of rotatable bonds is 8. The molecule has 1 aromatic heterocycles. The van der Waals surface area contributed by atoms with Crippen molar-refractivity contribution in [3.8, 4) is 23.0 Å². The number of hydrogen-bond donors (Lipinski definition) is 0. The van der Waals surface area contributed by atoms with Gasteiger partial charge in [-0.25, -0.2) is 8.42 Å². The van der Waals surface area contributed by atoms with E-state index in [1.54, 1.807) is 12.1 Å². The number of benzene rings is 2. The fourth-order valence-corrected chi connectivity index (χ4v) is 5.22. The van der Waals surface area contributed by atoms with Gasteiger partial charge in [0.05, 0.1) is 14.2 Å². The minimum Gasteiger partial charge on any atom is -0.497 e. The lowest BCUT2D eigenvalue weighted by atomic mass is 10.2. The number of hydrogen-bond acceptors (Lipinski definition) is 8. The van der Waals surface area contributed by atoms with Crippen LogP contribution >= 0.6 is 0 Å². The van der Waals surface area contributed by atoms with E-state index < -0.39 is 10.0 Å². The summed E-state index contributed by atoms with van der Waals surface area (Å²) in [4.78, 5) is 2.31. The normalized spacial score (nSPS) is 15.6. The van der Waals surface area contributed by atoms with Gasteiger partial charge in [0.15, 0.2) is 0 Å². The third-order valence-corrected chi connectivity index (χ3v) is 7.37. The Balaban J connectivity index is 1.35. The highest BCUT2D eigenvalue weighted by atomic mass is 32.2. The van der Waals surface area contributed by atoms with E-state index in [-0.39, 0.29) is 4.90 Å². The standard InChI is InChI=1S/C22H26N4O5S/c1-29-18-8-9-19(30-2)20(16-18)32(27,28)26-14-12-25(13-15-26)11-10-21-23-24-22(31-21)17-6-4-3-5-7-17/h3-9,16H,10-15H2,1-2H3. The fourth-order valence-electron chi connectivity index (χ4n) is 3.62. The summed E-state index contributed by atoms with van der Waals surface area (Å²) in [6, 6.07) is 14.4. The number of aromatic nitrogens is 2. The Bertz CT molecular complexity index is 1140. The molecule has 1 aliphatic heterocycles. The molecule has 0 unspecified atom stereocenters. The van der Waals surface area contributed by atoms with Gasteiger partial charge in [-0.15, -0.1) is 10.2 Å². The first-order valence-electron chi connectivity index (χ1n) is 10.3. The Morgan fingerprint density at radius 3 is 2.41 bits per heavy atom. The van der Waals surface area contributed by atoms with Crippen molar-refractivity contribution in [3.05, 3.63) is 54.4 Å². The molecule has 2 heterocycles. The molecule has 0 bridgehead atoms. The Labute approximate surface area is 187 Å². The third kappa shape index (κ3) is 4.77. The summed E-state index contributed by atoms with van der Waals surface area (Å²) in [7, 11) is -0.733. The van der Waals surface area contributed by atoms with Crippen LogP contribution in [0.5, 0.6) is 11.5 Å². The average Bonchev–Trinajstić information content (AvgIpc) is 3.32. The van der Waals surface area contributed by atoms with E-state index in [1.807, 2.05) is 30.3 Å². The van der Waals surface area contributed by atoms with Crippen LogP contribution in [-0.4, -0.2) is 74.8 Å². The first kappa shape index (κ1) is 22.3. The number of nitrogens with zero attached hydrogens (tertiary/aromatic N) is 4. The van der Waals surface area contributed by atoms with Gasteiger partial charge in [0.2, 0.25) is 21.8 Å². The zero-order valence-corrected chi connectivity index (χ0v) is 18.9. The SMILES string of the molecule is COc1ccc(OC)c(S(=O)(=O)N2CCN(CCc3nnc(-c4ccccc4)o3)CC2)c1. The zero-order valence-electron chi connectivity index (χ0n) is 18.1. The van der Waals surface area contributed by atoms with Crippen LogP contribution in [0.25, 0.3) is 11.5 Å². The summed E-state index contributed by atoms with van der Waals surface area (Å²) < 4.78 is 44.1. The van der Waals surface area contributed by atoms with Gasteiger partial charge in [0.25, 0.3) is 0 Å². The Hall–Kier alpha value is -2.95. The number of piperazine rings is 1. The van der Waals surface area contributed by atoms with Crippen LogP contribution in [0.2, 0.25) is 0 Å². The fraction of sp³-hybridized carbons (Fsp3) is 0.364. The van der Waals surface area contributed by atoms with Crippen LogP contribution < -0.4 is 9.47 Å². The van der Waals surface area contributed by atoms with E-state index in [9.17, 15) is 8.42 Å². The van der Waals surface area contributed by atoms with Gasteiger partial charge in [-0.2, -0.15) is 4.31 Å². The summed E-state index contributed by atoms with van der Waals surface area (Å²) in [5, 5.41) is 8.24. The molecule has 10 heteroatoms. The highest BCUT2D eigenvalue weighted by Crippen LogP contribution is 2.31. The molecule has 2 aromatic carbocycles. The largest absolute Gasteiger partial charge is 0.497 e. The molecule has 170 valence electrons. The second-order valence-corrected chi connectivity index (χ2v) is 9.29. The summed E-state index contributed by atoms with van der Waals surface area (Å²) >= 11 is 0. The molecule has 0 N–H and O–H groups in total. The van der Waals surface area contributed by atoms with Crippen molar-refractivity contribution < 1.29 is 22.3 Å². The molecule has 1 saturated heterocycles. The monoisotopic (exact) mass is 458 g/mol. The summed E-state index contributed by atoms with van der Waals surface area (Å²) in [6.07, 6.45) is 0.607. The third-order valence-electron chi connectivity index (χ3n) is 5.45. The molecular weight excluding hydrogens is 432 g/mol. The number of methoxy groups -OCH3 is 2. The van der Waals surface area contributed by atoms with Gasteiger partial charge in [-0.1, -0.05) is 18.2 Å². The molecule has 1 aliphatic rings. The van der Waals surface area contributed by atoms with Gasteiger partial charge >= 0.3 is 0 Å². The molecule has 3 aromatic rings. The average molecular weight is 459 g/mol. The molecule has 0 atom stereocenters. The molecule has 0 saturated carbocycles. The number of ether oxygens (including phenoxy) is 2. The highest BCUT2D eigenvalue weighted by molar-refractivity contribution is 7.89. The summed E-state index contributed by atoms with van der Waals surface area (Å²) in [6.45, 7) is 2.73. The quantitative estimate of drug-likeness (QED) is 0.507. The molecule has 4 rings (SSSR count). The topological polar surface area (TPSA) is 98.0 Å². The van der Waals surface area contributed by atoms with Gasteiger partial charge < -0.3 is 18.8 Å². The second kappa shape index (κ2) is 9.68. The van der Waals surface area contributed by atoms with Crippen molar-refractivity contribution >= 4 is 10.0 Å². The van der Waals surface area contributed by atoms with Crippen LogP contribution in [0.1, 0.15) is 5.89 Å². The maximum Gasteiger partial charge on any atom is 0.247 e. The van der Waals surface area contributed by atoms with Crippen molar-refractivity contribution in [1.82, 2.24) is 19.4 Å². The molecular formula is C22H26N4O5S. The maximum absolute atomic E-state index is 13.2. The minimum atomic E-state index is -3.69. The van der Waals surface area contributed by atoms with Crippen LogP contribution in [0.3, 0.4) is 0 Å². The Morgan fingerprint density at radius 1 is 0.969 bits per heavy atom. The minimum absolute atomic E-state index is 0.118. The van der Waals surface area contributed by atoms with Crippen molar-refractivity contribution in [2.75, 3.05) is 46.9 Å². The van der Waals surface area contributed by atoms with Crippen LogP contribution in [0, 0.1) is 0 Å². The van der Waals surface area contributed by atoms with Crippen molar-refractivity contribution in [2.24, 2.45) is 0 Å². The summed E-state index contributed by atoms with van der Waals surface area (Å²) in [5.41, 5.74) is 0.887. The van der Waals surface area contributed by atoms with E-state index in [0.29, 0.717) is 62.4 Å². The zero-order chi connectivity index (χ0) is 22.6. The Kier molecular flexibility index (Phi) is 6.73. The molecule has 0 radical (unpaired) electrons. The van der Waals surface area contributed by atoms with Crippen molar-refractivity contribution in [2.45, 2.75) is 11.3 Å². The van der Waals surface area contributed by atoms with Gasteiger partial charge in [-0.05, 0) is 24.3 Å². The van der Waals surface area contributed by atoms with E-state index in [2.05, 4.69) is 15.1 Å². The van der Waals surface area contributed by atoms with Crippen molar-refractivity contribution in [3.63, 3.8) is 0 Å². The smallest absolute Gasteiger partial charge is 0.247 e. The molecule has 9 nitrogen and oxygen atoms in total. The maximum atomic E-state index is 13.2.